The second kappa shape index (κ2) is 9.11. The number of halogens is 1. The summed E-state index contributed by atoms with van der Waals surface area (Å²) in [6, 6.07) is 3.56. The van der Waals surface area contributed by atoms with Gasteiger partial charge in [-0.1, -0.05) is 11.6 Å². The van der Waals surface area contributed by atoms with E-state index in [-0.39, 0.29) is 6.61 Å². The number of methoxy groups -OCH3 is 1. The minimum absolute atomic E-state index is 0.250. The van der Waals surface area contributed by atoms with E-state index in [4.69, 9.17) is 33.2 Å². The highest BCUT2D eigenvalue weighted by atomic mass is 35.5. The van der Waals surface area contributed by atoms with Crippen molar-refractivity contribution in [3.05, 3.63) is 22.7 Å². The summed E-state index contributed by atoms with van der Waals surface area (Å²) in [6.07, 6.45) is 6.85. The van der Waals surface area contributed by atoms with Crippen molar-refractivity contribution in [3.63, 3.8) is 0 Å². The molecular formula is C15H19ClN2O3. The predicted molar refractivity (Wildman–Crippen MR) is 82.5 cm³/mol. The molecule has 0 aliphatic heterocycles. The smallest absolute Gasteiger partial charge is 0.255 e. The number of benzene rings is 1. The van der Waals surface area contributed by atoms with Crippen LogP contribution < -0.4 is 20.5 Å². The molecule has 1 amide bonds. The Morgan fingerprint density at radius 1 is 1.52 bits per heavy atom. The van der Waals surface area contributed by atoms with Crippen LogP contribution in [-0.2, 0) is 11.3 Å². The van der Waals surface area contributed by atoms with Gasteiger partial charge in [0.1, 0.15) is 0 Å². The van der Waals surface area contributed by atoms with Gasteiger partial charge in [-0.25, -0.2) is 0 Å². The lowest BCUT2D eigenvalue weighted by atomic mass is 10.2. The number of amides is 1. The van der Waals surface area contributed by atoms with Crippen molar-refractivity contribution in [2.24, 2.45) is 5.73 Å². The summed E-state index contributed by atoms with van der Waals surface area (Å²) in [5.74, 6) is 2.79. The Kier molecular flexibility index (Phi) is 7.44. The number of ether oxygens (including phenoxy) is 2. The maximum atomic E-state index is 10.8. The van der Waals surface area contributed by atoms with Gasteiger partial charge in [0.15, 0.2) is 18.1 Å². The van der Waals surface area contributed by atoms with Gasteiger partial charge in [-0.15, -0.1) is 12.3 Å². The van der Waals surface area contributed by atoms with Crippen LogP contribution in [0.5, 0.6) is 11.5 Å². The van der Waals surface area contributed by atoms with E-state index in [1.54, 1.807) is 12.1 Å². The second-order valence-corrected chi connectivity index (χ2v) is 4.76. The molecule has 0 fully saturated rings. The van der Waals surface area contributed by atoms with Crippen LogP contribution in [0, 0.1) is 12.3 Å². The summed E-state index contributed by atoms with van der Waals surface area (Å²) in [7, 11) is 1.51. The molecule has 0 aliphatic carbocycles. The largest absolute Gasteiger partial charge is 0.493 e. The van der Waals surface area contributed by atoms with Gasteiger partial charge in [0.25, 0.3) is 5.91 Å². The molecule has 1 aromatic carbocycles. The van der Waals surface area contributed by atoms with Crippen LogP contribution in [0.1, 0.15) is 18.4 Å². The Morgan fingerprint density at radius 3 is 2.90 bits per heavy atom. The van der Waals surface area contributed by atoms with Gasteiger partial charge >= 0.3 is 0 Å². The van der Waals surface area contributed by atoms with Crippen LogP contribution in [0.25, 0.3) is 0 Å². The van der Waals surface area contributed by atoms with Crippen LogP contribution >= 0.6 is 11.6 Å². The van der Waals surface area contributed by atoms with Crippen molar-refractivity contribution >= 4 is 17.5 Å². The van der Waals surface area contributed by atoms with Crippen LogP contribution in [-0.4, -0.2) is 26.2 Å². The first-order valence-electron chi connectivity index (χ1n) is 6.50. The summed E-state index contributed by atoms with van der Waals surface area (Å²) >= 11 is 6.15. The molecule has 0 radical (unpaired) electrons. The minimum Gasteiger partial charge on any atom is -0.493 e. The van der Waals surface area contributed by atoms with Crippen LogP contribution in [0.4, 0.5) is 0 Å². The molecule has 0 heterocycles. The quantitative estimate of drug-likeness (QED) is 0.538. The van der Waals surface area contributed by atoms with E-state index in [1.165, 1.54) is 7.11 Å². The zero-order valence-electron chi connectivity index (χ0n) is 11.9. The van der Waals surface area contributed by atoms with Gasteiger partial charge in [0, 0.05) is 13.0 Å². The first-order chi connectivity index (χ1) is 10.1. The van der Waals surface area contributed by atoms with E-state index < -0.39 is 5.91 Å². The second-order valence-electron chi connectivity index (χ2n) is 4.35. The Balaban J connectivity index is 2.69. The molecule has 6 heteroatoms. The van der Waals surface area contributed by atoms with Gasteiger partial charge < -0.3 is 20.5 Å². The molecule has 0 saturated heterocycles. The van der Waals surface area contributed by atoms with Crippen molar-refractivity contribution < 1.29 is 14.3 Å². The van der Waals surface area contributed by atoms with Crippen molar-refractivity contribution in [2.45, 2.75) is 19.4 Å². The average molecular weight is 311 g/mol. The standard InChI is InChI=1S/C15H19ClN2O3/c1-3-4-5-6-18-9-11-7-12(16)15(13(8-11)20-2)21-10-14(17)19/h1,7-8,18H,4-6,9-10H2,2H3,(H2,17,19). The summed E-state index contributed by atoms with van der Waals surface area (Å²) in [5, 5.41) is 3.63. The van der Waals surface area contributed by atoms with Crippen molar-refractivity contribution in [2.75, 3.05) is 20.3 Å². The number of carbonyl (C=O) groups is 1. The number of hydrogen-bond donors (Lipinski definition) is 2. The Hall–Kier alpha value is -1.90. The number of terminal acetylenes is 1. The van der Waals surface area contributed by atoms with E-state index >= 15 is 0 Å². The Bertz CT molecular complexity index is 526. The normalized spacial score (nSPS) is 9.95. The molecule has 0 aliphatic rings. The predicted octanol–water partition coefficient (Wildman–Crippen LogP) is 1.72. The first kappa shape index (κ1) is 17.2. The summed E-state index contributed by atoms with van der Waals surface area (Å²) in [4.78, 5) is 10.8. The van der Waals surface area contributed by atoms with E-state index in [1.807, 2.05) is 0 Å². The third kappa shape index (κ3) is 5.94. The molecule has 5 nitrogen and oxygen atoms in total. The molecule has 0 spiro atoms. The number of primary amides is 1. The van der Waals surface area contributed by atoms with Crippen LogP contribution in [0.15, 0.2) is 12.1 Å². The van der Waals surface area contributed by atoms with Gasteiger partial charge in [0.05, 0.1) is 12.1 Å². The van der Waals surface area contributed by atoms with Crippen molar-refractivity contribution in [1.29, 1.82) is 0 Å². The van der Waals surface area contributed by atoms with E-state index in [0.29, 0.717) is 23.1 Å². The summed E-state index contributed by atoms with van der Waals surface area (Å²) < 4.78 is 10.5. The maximum Gasteiger partial charge on any atom is 0.255 e. The number of carbonyl (C=O) groups excluding carboxylic acids is 1. The number of unbranched alkanes of at least 4 members (excludes halogenated alkanes) is 1. The molecule has 0 atom stereocenters. The fraction of sp³-hybridized carbons (Fsp3) is 0.400. The maximum absolute atomic E-state index is 10.8. The highest BCUT2D eigenvalue weighted by Crippen LogP contribution is 2.36. The first-order valence-corrected chi connectivity index (χ1v) is 6.88. The van der Waals surface area contributed by atoms with E-state index in [2.05, 4.69) is 11.2 Å². The van der Waals surface area contributed by atoms with Crippen LogP contribution in [0.3, 0.4) is 0 Å². The summed E-state index contributed by atoms with van der Waals surface area (Å²) in [5.41, 5.74) is 5.99. The monoisotopic (exact) mass is 310 g/mol. The Morgan fingerprint density at radius 2 is 2.29 bits per heavy atom. The fourth-order valence-corrected chi connectivity index (χ4v) is 1.99. The van der Waals surface area contributed by atoms with Gasteiger partial charge in [-0.05, 0) is 30.7 Å². The lowest BCUT2D eigenvalue weighted by molar-refractivity contribution is -0.119. The molecular weight excluding hydrogens is 292 g/mol. The molecule has 1 rings (SSSR count). The third-order valence-electron chi connectivity index (χ3n) is 2.65. The third-order valence-corrected chi connectivity index (χ3v) is 2.93. The van der Waals surface area contributed by atoms with E-state index in [9.17, 15) is 4.79 Å². The minimum atomic E-state index is -0.577. The highest BCUT2D eigenvalue weighted by molar-refractivity contribution is 6.32. The molecule has 21 heavy (non-hydrogen) atoms. The zero-order valence-corrected chi connectivity index (χ0v) is 12.7. The zero-order chi connectivity index (χ0) is 15.7. The number of rotatable bonds is 9. The number of hydrogen-bond acceptors (Lipinski definition) is 4. The average Bonchev–Trinajstić information content (AvgIpc) is 2.45. The lowest BCUT2D eigenvalue weighted by Crippen LogP contribution is -2.20. The topological polar surface area (TPSA) is 73.6 Å². The van der Waals surface area contributed by atoms with E-state index in [0.717, 1.165) is 24.9 Å². The molecule has 114 valence electrons. The Labute approximate surface area is 129 Å². The van der Waals surface area contributed by atoms with Crippen LogP contribution in [0.2, 0.25) is 5.02 Å². The molecule has 0 unspecified atom stereocenters. The van der Waals surface area contributed by atoms with Gasteiger partial charge in [-0.2, -0.15) is 0 Å². The number of nitrogens with one attached hydrogen (secondary N) is 1. The summed E-state index contributed by atoms with van der Waals surface area (Å²) in [6.45, 7) is 1.21. The highest BCUT2D eigenvalue weighted by Gasteiger charge is 2.12. The van der Waals surface area contributed by atoms with Gasteiger partial charge in [0.2, 0.25) is 0 Å². The fourth-order valence-electron chi connectivity index (χ4n) is 1.71. The SMILES string of the molecule is C#CCCCNCc1cc(Cl)c(OCC(N)=O)c(OC)c1. The number of nitrogens with two attached hydrogens (primary N) is 1. The molecule has 0 aromatic heterocycles. The molecule has 1 aromatic rings. The lowest BCUT2D eigenvalue weighted by Gasteiger charge is -2.13. The molecule has 3 N–H and O–H groups in total. The van der Waals surface area contributed by atoms with Crippen molar-refractivity contribution in [3.8, 4) is 23.8 Å². The van der Waals surface area contributed by atoms with Gasteiger partial charge in [-0.3, -0.25) is 4.79 Å². The van der Waals surface area contributed by atoms with Crippen molar-refractivity contribution in [1.82, 2.24) is 5.32 Å². The molecule has 0 bridgehead atoms. The molecule has 0 saturated carbocycles.